The van der Waals surface area contributed by atoms with Gasteiger partial charge < -0.3 is 14.6 Å². The Morgan fingerprint density at radius 2 is 1.74 bits per heavy atom. The number of carbonyl (C=O) groups is 2. The number of Topliss-reactive ketones (excluding diaryl/α,β-unsaturated/α-hetero) is 1. The van der Waals surface area contributed by atoms with Gasteiger partial charge in [0.25, 0.3) is 5.91 Å². The molecule has 1 atom stereocenters. The van der Waals surface area contributed by atoms with Gasteiger partial charge in [-0.1, -0.05) is 71.6 Å². The molecule has 0 spiro atoms. The van der Waals surface area contributed by atoms with E-state index in [4.69, 9.17) is 9.47 Å². The molecule has 3 aromatic carbocycles. The highest BCUT2D eigenvalue weighted by Gasteiger charge is 2.47. The van der Waals surface area contributed by atoms with Gasteiger partial charge >= 0.3 is 0 Å². The highest BCUT2D eigenvalue weighted by atomic mass is 32.2. The summed E-state index contributed by atoms with van der Waals surface area (Å²) in [5.41, 5.74) is 2.81. The summed E-state index contributed by atoms with van der Waals surface area (Å²) in [4.78, 5) is 33.9. The van der Waals surface area contributed by atoms with Crippen molar-refractivity contribution in [3.63, 3.8) is 0 Å². The van der Waals surface area contributed by atoms with E-state index in [-0.39, 0.29) is 16.5 Å². The summed E-state index contributed by atoms with van der Waals surface area (Å²) in [5, 5.41) is 20.7. The molecule has 6 rings (SSSR count). The summed E-state index contributed by atoms with van der Waals surface area (Å²) in [6, 6.07) is 20.0. The third kappa shape index (κ3) is 6.92. The van der Waals surface area contributed by atoms with E-state index in [2.05, 4.69) is 15.2 Å². The number of carbonyl (C=O) groups excluding carboxylic acids is 2. The topological polar surface area (TPSA) is 115 Å². The summed E-state index contributed by atoms with van der Waals surface area (Å²) in [6.45, 7) is 6.02. The van der Waals surface area contributed by atoms with Gasteiger partial charge in [0.2, 0.25) is 10.9 Å². The number of ketones is 1. The smallest absolute Gasteiger partial charge is 0.296 e. The van der Waals surface area contributed by atoms with Crippen molar-refractivity contribution in [3.8, 4) is 11.5 Å². The van der Waals surface area contributed by atoms with Crippen molar-refractivity contribution in [1.82, 2.24) is 15.2 Å². The van der Waals surface area contributed by atoms with Crippen LogP contribution in [0.1, 0.15) is 50.0 Å². The molecule has 1 N–H and O–H groups in total. The second-order valence-electron chi connectivity index (χ2n) is 10.5. The molecule has 9 nitrogen and oxygen atoms in total. The number of thioether (sulfide) groups is 1. The van der Waals surface area contributed by atoms with Crippen molar-refractivity contribution in [2.75, 3.05) is 11.5 Å². The molecule has 2 aromatic heterocycles. The van der Waals surface area contributed by atoms with Crippen LogP contribution in [0.2, 0.25) is 0 Å². The number of anilines is 1. The van der Waals surface area contributed by atoms with Crippen molar-refractivity contribution in [2.24, 2.45) is 0 Å². The summed E-state index contributed by atoms with van der Waals surface area (Å²) in [5.74, 6) is -0.838. The van der Waals surface area contributed by atoms with Gasteiger partial charge in [-0.25, -0.2) is 9.37 Å². The summed E-state index contributed by atoms with van der Waals surface area (Å²) < 4.78 is 26.0. The van der Waals surface area contributed by atoms with Gasteiger partial charge in [0.1, 0.15) is 12.4 Å². The first-order valence-corrected chi connectivity index (χ1v) is 17.2. The van der Waals surface area contributed by atoms with Crippen molar-refractivity contribution in [2.45, 2.75) is 43.5 Å². The average molecular weight is 689 g/mol. The van der Waals surface area contributed by atoms with Crippen molar-refractivity contribution < 1.29 is 28.6 Å². The number of benzene rings is 3. The lowest BCUT2D eigenvalue weighted by molar-refractivity contribution is -0.117. The molecule has 0 aliphatic carbocycles. The SMILES string of the molecule is CCOc1cc(C2C(C(=O)c3sc(C)nc3C)=C(O)C(=O)N2c2nnc(SCc3ccc(F)cc3)s2)ccc1OCc1ccccc1. The lowest BCUT2D eigenvalue weighted by Crippen LogP contribution is -2.31. The minimum atomic E-state index is -1.04. The highest BCUT2D eigenvalue weighted by Crippen LogP contribution is 2.46. The molecule has 0 bridgehead atoms. The Morgan fingerprint density at radius 3 is 2.45 bits per heavy atom. The number of thiazole rings is 1. The van der Waals surface area contributed by atoms with Gasteiger partial charge in [0.05, 0.1) is 33.8 Å². The second-order valence-corrected chi connectivity index (χ2v) is 13.9. The Bertz CT molecular complexity index is 1960. The van der Waals surface area contributed by atoms with Gasteiger partial charge in [-0.15, -0.1) is 21.5 Å². The molecule has 0 saturated carbocycles. The fourth-order valence-corrected chi connectivity index (χ4v) is 7.81. The lowest BCUT2D eigenvalue weighted by atomic mass is 9.95. The van der Waals surface area contributed by atoms with Crippen LogP contribution in [0.15, 0.2) is 88.5 Å². The quantitative estimate of drug-likeness (QED) is 0.0797. The molecule has 1 unspecified atom stereocenters. The predicted octanol–water partition coefficient (Wildman–Crippen LogP) is 7.80. The van der Waals surface area contributed by atoms with Crippen molar-refractivity contribution in [1.29, 1.82) is 0 Å². The molecule has 1 amide bonds. The number of rotatable bonds is 12. The second kappa shape index (κ2) is 14.0. The maximum absolute atomic E-state index is 14.1. The number of halogens is 1. The summed E-state index contributed by atoms with van der Waals surface area (Å²) >= 11 is 3.74. The van der Waals surface area contributed by atoms with Gasteiger partial charge in [-0.05, 0) is 61.7 Å². The number of ether oxygens (including phenoxy) is 2. The van der Waals surface area contributed by atoms with Crippen LogP contribution in [0.4, 0.5) is 9.52 Å². The standard InChI is InChI=1S/C34H29FN4O5S3/c1-4-43-26-16-23(12-15-25(26)44-17-21-8-6-5-7-9-21)28-27(29(40)31-19(2)36-20(3)46-31)30(41)32(42)39(28)33-37-38-34(47-33)45-18-22-10-13-24(35)14-11-22/h5-16,28,41H,4,17-18H2,1-3H3. The molecule has 13 heteroatoms. The van der Waals surface area contributed by atoms with E-state index in [1.807, 2.05) is 37.3 Å². The molecular formula is C34H29FN4O5S3. The average Bonchev–Trinajstić information content (AvgIpc) is 3.75. The first-order chi connectivity index (χ1) is 22.7. The van der Waals surface area contributed by atoms with Gasteiger partial charge in [-0.2, -0.15) is 0 Å². The van der Waals surface area contributed by atoms with Crippen LogP contribution in [0, 0.1) is 19.7 Å². The number of amides is 1. The predicted molar refractivity (Wildman–Crippen MR) is 180 cm³/mol. The number of aliphatic hydroxyl groups is 1. The highest BCUT2D eigenvalue weighted by molar-refractivity contribution is 8.00. The van der Waals surface area contributed by atoms with Crippen LogP contribution >= 0.6 is 34.4 Å². The van der Waals surface area contributed by atoms with Gasteiger partial charge in [0.15, 0.2) is 21.6 Å². The van der Waals surface area contributed by atoms with Crippen LogP contribution < -0.4 is 14.4 Å². The molecule has 5 aromatic rings. The molecule has 1 aliphatic rings. The molecule has 47 heavy (non-hydrogen) atoms. The first kappa shape index (κ1) is 32.4. The zero-order valence-electron chi connectivity index (χ0n) is 25.6. The molecular weight excluding hydrogens is 660 g/mol. The number of aromatic nitrogens is 3. The minimum Gasteiger partial charge on any atom is -0.503 e. The van der Waals surface area contributed by atoms with E-state index in [9.17, 15) is 19.1 Å². The van der Waals surface area contributed by atoms with Crippen LogP contribution in [-0.4, -0.2) is 38.6 Å². The molecule has 240 valence electrons. The number of hydrogen-bond donors (Lipinski definition) is 1. The Kier molecular flexibility index (Phi) is 9.66. The fourth-order valence-electron chi connectivity index (χ4n) is 5.12. The van der Waals surface area contributed by atoms with E-state index in [1.54, 1.807) is 44.2 Å². The van der Waals surface area contributed by atoms with E-state index in [0.29, 0.717) is 55.9 Å². The normalized spacial score (nSPS) is 14.6. The van der Waals surface area contributed by atoms with Crippen molar-refractivity contribution in [3.05, 3.63) is 122 Å². The molecule has 0 fully saturated rings. The Labute approximate surface area is 282 Å². The van der Waals surface area contributed by atoms with Crippen molar-refractivity contribution >= 4 is 51.3 Å². The summed E-state index contributed by atoms with van der Waals surface area (Å²) in [6.07, 6.45) is 0. The number of nitrogens with zero attached hydrogens (tertiary/aromatic N) is 4. The first-order valence-electron chi connectivity index (χ1n) is 14.6. The Morgan fingerprint density at radius 1 is 0.979 bits per heavy atom. The largest absolute Gasteiger partial charge is 0.503 e. The number of aryl methyl sites for hydroxylation is 2. The Balaban J connectivity index is 1.37. The van der Waals surface area contributed by atoms with Crippen LogP contribution in [0.5, 0.6) is 11.5 Å². The lowest BCUT2D eigenvalue weighted by Gasteiger charge is -2.25. The minimum absolute atomic E-state index is 0.0853. The van der Waals surface area contributed by atoms with E-state index < -0.39 is 23.5 Å². The monoisotopic (exact) mass is 688 g/mol. The third-order valence-electron chi connectivity index (χ3n) is 7.26. The van der Waals surface area contributed by atoms with Gasteiger partial charge in [-0.3, -0.25) is 14.5 Å². The van der Waals surface area contributed by atoms with E-state index in [1.165, 1.54) is 40.1 Å². The molecule has 3 heterocycles. The van der Waals surface area contributed by atoms with Crippen LogP contribution in [0.25, 0.3) is 0 Å². The summed E-state index contributed by atoms with van der Waals surface area (Å²) in [7, 11) is 0. The molecule has 0 saturated heterocycles. The Hall–Kier alpha value is -4.59. The maximum Gasteiger partial charge on any atom is 0.296 e. The zero-order chi connectivity index (χ0) is 33.1. The van der Waals surface area contributed by atoms with E-state index in [0.717, 1.165) is 22.5 Å². The van der Waals surface area contributed by atoms with Gasteiger partial charge in [0, 0.05) is 5.75 Å². The third-order valence-corrected chi connectivity index (χ3v) is 10.5. The maximum atomic E-state index is 14.1. The number of hydrogen-bond acceptors (Lipinski definition) is 11. The molecule has 0 radical (unpaired) electrons. The fraction of sp³-hybridized carbons (Fsp3) is 0.206. The molecule has 1 aliphatic heterocycles. The van der Waals surface area contributed by atoms with Crippen LogP contribution in [-0.2, 0) is 17.2 Å². The van der Waals surface area contributed by atoms with Crippen LogP contribution in [0.3, 0.4) is 0 Å². The van der Waals surface area contributed by atoms with E-state index >= 15 is 0 Å². The zero-order valence-corrected chi connectivity index (χ0v) is 28.0. The number of aliphatic hydroxyl groups excluding tert-OH is 1.